The van der Waals surface area contributed by atoms with E-state index in [4.69, 9.17) is 0 Å². The summed E-state index contributed by atoms with van der Waals surface area (Å²) in [6.45, 7) is 6.54. The number of rotatable bonds is 4. The lowest BCUT2D eigenvalue weighted by atomic mass is 9.78. The van der Waals surface area contributed by atoms with E-state index in [-0.39, 0.29) is 29.4 Å². The second-order valence-corrected chi connectivity index (χ2v) is 9.65. The number of nitrogens with zero attached hydrogens (tertiary/aromatic N) is 2. The van der Waals surface area contributed by atoms with E-state index in [9.17, 15) is 14.4 Å². The van der Waals surface area contributed by atoms with Crippen LogP contribution in [0.1, 0.15) is 54.5 Å². The van der Waals surface area contributed by atoms with E-state index in [0.717, 1.165) is 24.2 Å². The maximum absolute atomic E-state index is 12.8. The molecule has 1 N–H and O–H groups in total. The number of benzene rings is 1. The van der Waals surface area contributed by atoms with Crippen molar-refractivity contribution in [2.24, 2.45) is 11.3 Å². The van der Waals surface area contributed by atoms with Gasteiger partial charge in [0.05, 0.1) is 16.5 Å². The number of aryl methyl sites for hydroxylation is 1. The van der Waals surface area contributed by atoms with Crippen molar-refractivity contribution in [3.63, 3.8) is 0 Å². The van der Waals surface area contributed by atoms with Crippen LogP contribution in [0.5, 0.6) is 0 Å². The Morgan fingerprint density at radius 3 is 2.66 bits per heavy atom. The Bertz CT molecular complexity index is 978. The minimum absolute atomic E-state index is 0.0511. The molecular formula is C22H25N3O3S. The van der Waals surface area contributed by atoms with Crippen LogP contribution < -0.4 is 10.2 Å². The average Bonchev–Trinajstić information content (AvgIpc) is 3.24. The van der Waals surface area contributed by atoms with Crippen molar-refractivity contribution >= 4 is 39.8 Å². The summed E-state index contributed by atoms with van der Waals surface area (Å²) in [7, 11) is 0. The zero-order valence-electron chi connectivity index (χ0n) is 16.9. The van der Waals surface area contributed by atoms with Gasteiger partial charge in [-0.1, -0.05) is 44.2 Å². The monoisotopic (exact) mass is 411 g/mol. The van der Waals surface area contributed by atoms with E-state index in [1.807, 2.05) is 24.3 Å². The fraction of sp³-hybridized carbons (Fsp3) is 0.455. The Balaban J connectivity index is 1.44. The topological polar surface area (TPSA) is 79.4 Å². The molecule has 2 aromatic rings. The molecule has 0 unspecified atom stereocenters. The summed E-state index contributed by atoms with van der Waals surface area (Å²) in [5, 5.41) is 3.29. The molecule has 2 amide bonds. The molecule has 0 saturated carbocycles. The third kappa shape index (κ3) is 3.96. The maximum Gasteiger partial charge on any atom is 0.231 e. The first-order valence-electron chi connectivity index (χ1n) is 9.99. The fourth-order valence-corrected chi connectivity index (χ4v) is 4.95. The van der Waals surface area contributed by atoms with Gasteiger partial charge in [0.1, 0.15) is 0 Å². The Morgan fingerprint density at radius 2 is 1.97 bits per heavy atom. The Hall–Kier alpha value is -2.54. The third-order valence-electron chi connectivity index (χ3n) is 5.62. The van der Waals surface area contributed by atoms with Gasteiger partial charge in [0.2, 0.25) is 11.8 Å². The number of hydrogen-bond donors (Lipinski definition) is 1. The predicted molar refractivity (Wildman–Crippen MR) is 113 cm³/mol. The lowest BCUT2D eigenvalue weighted by Crippen LogP contribution is -2.28. The number of Topliss-reactive ketones (excluding diaryl/α,β-unsaturated/α-hetero) is 1. The van der Waals surface area contributed by atoms with Gasteiger partial charge in [-0.2, -0.15) is 0 Å². The van der Waals surface area contributed by atoms with Gasteiger partial charge < -0.3 is 10.2 Å². The van der Waals surface area contributed by atoms with Crippen LogP contribution in [-0.2, 0) is 22.4 Å². The number of ketones is 1. The maximum atomic E-state index is 12.8. The van der Waals surface area contributed by atoms with Crippen molar-refractivity contribution in [1.29, 1.82) is 0 Å². The lowest BCUT2D eigenvalue weighted by molar-refractivity contribution is -0.122. The first-order chi connectivity index (χ1) is 13.8. The second kappa shape index (κ2) is 7.37. The number of amides is 2. The molecule has 7 heteroatoms. The summed E-state index contributed by atoms with van der Waals surface area (Å²) in [5.41, 5.74) is 2.69. The largest absolute Gasteiger partial charge is 0.312 e. The first kappa shape index (κ1) is 19.8. The highest BCUT2D eigenvalue weighted by Crippen LogP contribution is 2.38. The summed E-state index contributed by atoms with van der Waals surface area (Å²) >= 11 is 1.24. The number of carbonyl (C=O) groups is 3. The molecule has 1 atom stereocenters. The van der Waals surface area contributed by atoms with Crippen molar-refractivity contribution in [1.82, 2.24) is 4.98 Å². The van der Waals surface area contributed by atoms with Gasteiger partial charge in [-0.25, -0.2) is 4.98 Å². The standard InChI is InChI=1S/C22H25N3O3S/c1-4-13-5-7-15(8-6-13)25-12-14(9-18(25)27)20(28)24-21-23-16-10-22(2,3)11-17(26)19(16)29-21/h5-8,14H,4,9-12H2,1-3H3,(H,23,24,28)/t14-/m0/s1. The summed E-state index contributed by atoms with van der Waals surface area (Å²) in [6.07, 6.45) is 2.34. The molecule has 1 saturated heterocycles. The minimum atomic E-state index is -0.429. The van der Waals surface area contributed by atoms with Crippen molar-refractivity contribution in [2.45, 2.75) is 46.5 Å². The quantitative estimate of drug-likeness (QED) is 0.829. The highest BCUT2D eigenvalue weighted by Gasteiger charge is 2.37. The number of hydrogen-bond acceptors (Lipinski definition) is 5. The lowest BCUT2D eigenvalue weighted by Gasteiger charge is -2.26. The van der Waals surface area contributed by atoms with Crippen molar-refractivity contribution in [3.8, 4) is 0 Å². The van der Waals surface area contributed by atoms with Crippen molar-refractivity contribution < 1.29 is 14.4 Å². The van der Waals surface area contributed by atoms with Crippen LogP contribution >= 0.6 is 11.3 Å². The Morgan fingerprint density at radius 1 is 1.24 bits per heavy atom. The van der Waals surface area contributed by atoms with Gasteiger partial charge in [-0.3, -0.25) is 14.4 Å². The third-order valence-corrected chi connectivity index (χ3v) is 6.67. The molecule has 1 aliphatic carbocycles. The number of fused-ring (bicyclic) bond motifs is 1. The molecule has 2 aliphatic rings. The molecule has 29 heavy (non-hydrogen) atoms. The molecule has 4 rings (SSSR count). The Labute approximate surface area is 174 Å². The number of thiazole rings is 1. The average molecular weight is 412 g/mol. The molecule has 0 bridgehead atoms. The molecule has 0 spiro atoms. The van der Waals surface area contributed by atoms with Crippen LogP contribution in [0.3, 0.4) is 0 Å². The second-order valence-electron chi connectivity index (χ2n) is 8.65. The molecule has 152 valence electrons. The van der Waals surface area contributed by atoms with Crippen LogP contribution in [0.25, 0.3) is 0 Å². The summed E-state index contributed by atoms with van der Waals surface area (Å²) < 4.78 is 0. The molecular weight excluding hydrogens is 386 g/mol. The molecule has 1 fully saturated rings. The van der Waals surface area contributed by atoms with Gasteiger partial charge in [0, 0.05) is 25.1 Å². The number of carbonyl (C=O) groups excluding carboxylic acids is 3. The molecule has 6 nitrogen and oxygen atoms in total. The van der Waals surface area contributed by atoms with Crippen LogP contribution in [0.2, 0.25) is 0 Å². The van der Waals surface area contributed by atoms with Gasteiger partial charge in [0.15, 0.2) is 10.9 Å². The van der Waals surface area contributed by atoms with E-state index >= 15 is 0 Å². The zero-order chi connectivity index (χ0) is 20.8. The van der Waals surface area contributed by atoms with Gasteiger partial charge >= 0.3 is 0 Å². The zero-order valence-corrected chi connectivity index (χ0v) is 17.8. The van der Waals surface area contributed by atoms with Crippen LogP contribution in [-0.4, -0.2) is 29.1 Å². The molecule has 1 aromatic heterocycles. The number of aromatic nitrogens is 1. The summed E-state index contributed by atoms with van der Waals surface area (Å²) in [6, 6.07) is 7.88. The number of nitrogens with one attached hydrogen (secondary N) is 1. The van der Waals surface area contributed by atoms with E-state index in [1.165, 1.54) is 16.9 Å². The molecule has 2 heterocycles. The summed E-state index contributed by atoms with van der Waals surface area (Å²) in [4.78, 5) is 44.4. The molecule has 1 aromatic carbocycles. The first-order valence-corrected chi connectivity index (χ1v) is 10.8. The molecule has 0 radical (unpaired) electrons. The highest BCUT2D eigenvalue weighted by atomic mass is 32.1. The molecule has 1 aliphatic heterocycles. The van der Waals surface area contributed by atoms with E-state index in [0.29, 0.717) is 23.0 Å². The van der Waals surface area contributed by atoms with Crippen LogP contribution in [0, 0.1) is 11.3 Å². The number of anilines is 2. The fourth-order valence-electron chi connectivity index (χ4n) is 4.03. The van der Waals surface area contributed by atoms with E-state index in [1.54, 1.807) is 4.90 Å². The van der Waals surface area contributed by atoms with E-state index < -0.39 is 5.92 Å². The van der Waals surface area contributed by atoms with Crippen LogP contribution in [0.4, 0.5) is 10.8 Å². The van der Waals surface area contributed by atoms with Gasteiger partial charge in [0.25, 0.3) is 0 Å². The predicted octanol–water partition coefficient (Wildman–Crippen LogP) is 3.85. The van der Waals surface area contributed by atoms with Crippen LogP contribution in [0.15, 0.2) is 24.3 Å². The van der Waals surface area contributed by atoms with Gasteiger partial charge in [-0.05, 0) is 36.0 Å². The summed E-state index contributed by atoms with van der Waals surface area (Å²) in [5.74, 6) is -0.609. The SMILES string of the molecule is CCc1ccc(N2C[C@@H](C(=O)Nc3nc4c(s3)C(=O)CC(C)(C)C4)CC2=O)cc1. The van der Waals surface area contributed by atoms with Crippen molar-refractivity contribution in [2.75, 3.05) is 16.8 Å². The Kier molecular flexibility index (Phi) is 5.02. The van der Waals surface area contributed by atoms with Gasteiger partial charge in [-0.15, -0.1) is 0 Å². The minimum Gasteiger partial charge on any atom is -0.312 e. The highest BCUT2D eigenvalue weighted by molar-refractivity contribution is 7.17. The smallest absolute Gasteiger partial charge is 0.231 e. The normalized spacial score (nSPS) is 20.7. The van der Waals surface area contributed by atoms with E-state index in [2.05, 4.69) is 31.1 Å². The van der Waals surface area contributed by atoms with Crippen molar-refractivity contribution in [3.05, 3.63) is 40.4 Å².